The molecule has 1 fully saturated rings. The molecule has 0 saturated carbocycles. The zero-order chi connectivity index (χ0) is 26.8. The van der Waals surface area contributed by atoms with Gasteiger partial charge in [0.1, 0.15) is 6.10 Å². The van der Waals surface area contributed by atoms with E-state index >= 15 is 0 Å². The Hall–Kier alpha value is -3.81. The predicted octanol–water partition coefficient (Wildman–Crippen LogP) is 6.52. The smallest absolute Gasteiger partial charge is 0.441 e. The molecule has 1 saturated heterocycles. The second-order valence-corrected chi connectivity index (χ2v) is 10.0. The van der Waals surface area contributed by atoms with Crippen LogP contribution in [-0.2, 0) is 19.2 Å². The molecule has 1 aliphatic rings. The summed E-state index contributed by atoms with van der Waals surface area (Å²) in [6, 6.07) is 27.5. The first-order valence-electron chi connectivity index (χ1n) is 11.7. The van der Waals surface area contributed by atoms with E-state index in [1.165, 1.54) is 0 Å². The van der Waals surface area contributed by atoms with E-state index in [2.05, 4.69) is 20.7 Å². The summed E-state index contributed by atoms with van der Waals surface area (Å²) in [5.74, 6) is -2.83. The number of para-hydroxylation sites is 1. The topological polar surface area (TPSA) is 92.2 Å². The number of nitrogens with zero attached hydrogens (tertiary/aromatic N) is 3. The van der Waals surface area contributed by atoms with Gasteiger partial charge in [-0.3, -0.25) is 9.63 Å². The third-order valence-corrected chi connectivity index (χ3v) is 7.42. The van der Waals surface area contributed by atoms with E-state index < -0.39 is 35.5 Å². The number of hydroxylamine groups is 1. The minimum atomic E-state index is -1.05. The van der Waals surface area contributed by atoms with Crippen molar-refractivity contribution < 1.29 is 24.0 Å². The summed E-state index contributed by atoms with van der Waals surface area (Å²) < 4.78 is 5.48. The van der Waals surface area contributed by atoms with Crippen LogP contribution in [0.25, 0.3) is 16.3 Å². The number of methoxy groups -OCH3 is 1. The van der Waals surface area contributed by atoms with Gasteiger partial charge in [0.2, 0.25) is 0 Å². The molecule has 38 heavy (non-hydrogen) atoms. The molecule has 5 rings (SSSR count). The molecule has 4 aromatic rings. The van der Waals surface area contributed by atoms with Gasteiger partial charge < -0.3 is 10.3 Å². The average molecular weight is 591 g/mol. The van der Waals surface area contributed by atoms with Gasteiger partial charge in [-0.05, 0) is 46.7 Å². The SMILES string of the molecule is COC(=O)C(=[N+]=[N-])C(=O)[C@@H]1[C@@H](c2cc(Br)ccc2Cl)ON(c2ccccc2)[C@H]1c1cccc2ccccc12. The molecule has 0 amide bonds. The minimum absolute atomic E-state index is 0.378. The fourth-order valence-corrected chi connectivity index (χ4v) is 5.50. The lowest BCUT2D eigenvalue weighted by atomic mass is 9.80. The largest absolute Gasteiger partial charge is 0.460 e. The van der Waals surface area contributed by atoms with Crippen molar-refractivity contribution in [1.82, 2.24) is 0 Å². The van der Waals surface area contributed by atoms with E-state index in [9.17, 15) is 15.1 Å². The number of Topliss-reactive ketones (excluding diaryl/α,β-unsaturated/α-hetero) is 1. The Morgan fingerprint density at radius 3 is 2.42 bits per heavy atom. The number of hydrogen-bond acceptors (Lipinski definition) is 5. The predicted molar refractivity (Wildman–Crippen MR) is 148 cm³/mol. The Kier molecular flexibility index (Phi) is 7.40. The van der Waals surface area contributed by atoms with Crippen LogP contribution in [0.3, 0.4) is 0 Å². The van der Waals surface area contributed by atoms with Crippen molar-refractivity contribution in [2.75, 3.05) is 12.2 Å². The molecular weight excluding hydrogens is 570 g/mol. The highest BCUT2D eigenvalue weighted by atomic mass is 79.9. The van der Waals surface area contributed by atoms with Crippen molar-refractivity contribution in [2.24, 2.45) is 5.92 Å². The van der Waals surface area contributed by atoms with E-state index in [1.54, 1.807) is 23.3 Å². The zero-order valence-electron chi connectivity index (χ0n) is 20.1. The summed E-state index contributed by atoms with van der Waals surface area (Å²) >= 11 is 10.1. The van der Waals surface area contributed by atoms with Gasteiger partial charge in [-0.15, -0.1) is 0 Å². The number of hydrogen-bond donors (Lipinski definition) is 0. The first-order valence-corrected chi connectivity index (χ1v) is 12.9. The summed E-state index contributed by atoms with van der Waals surface area (Å²) in [5, 5.41) is 3.92. The fourth-order valence-electron chi connectivity index (χ4n) is 4.90. The van der Waals surface area contributed by atoms with Crippen LogP contribution >= 0.6 is 27.5 Å². The van der Waals surface area contributed by atoms with E-state index in [-0.39, 0.29) is 0 Å². The Morgan fingerprint density at radius 2 is 1.68 bits per heavy atom. The maximum absolute atomic E-state index is 14.1. The van der Waals surface area contributed by atoms with E-state index in [0.29, 0.717) is 16.3 Å². The first kappa shape index (κ1) is 25.8. The van der Waals surface area contributed by atoms with Gasteiger partial charge >= 0.3 is 11.7 Å². The van der Waals surface area contributed by atoms with Gasteiger partial charge in [0.15, 0.2) is 0 Å². The molecule has 0 unspecified atom stereocenters. The molecule has 1 heterocycles. The lowest BCUT2D eigenvalue weighted by Crippen LogP contribution is -2.37. The number of anilines is 1. The van der Waals surface area contributed by atoms with Crippen molar-refractivity contribution in [3.05, 3.63) is 117 Å². The Morgan fingerprint density at radius 1 is 0.974 bits per heavy atom. The molecule has 190 valence electrons. The zero-order valence-corrected chi connectivity index (χ0v) is 22.5. The van der Waals surface area contributed by atoms with Crippen LogP contribution in [0.15, 0.2) is 95.5 Å². The molecule has 0 aliphatic carbocycles. The molecular formula is C29H21BrClN3O4. The van der Waals surface area contributed by atoms with Crippen LogP contribution in [0.2, 0.25) is 5.02 Å². The van der Waals surface area contributed by atoms with Gasteiger partial charge in [0.25, 0.3) is 5.78 Å². The maximum atomic E-state index is 14.1. The number of carbonyl (C=O) groups is 2. The molecule has 4 aromatic carbocycles. The van der Waals surface area contributed by atoms with Crippen molar-refractivity contribution in [1.29, 1.82) is 0 Å². The highest BCUT2D eigenvalue weighted by Gasteiger charge is 2.54. The number of fused-ring (bicyclic) bond motifs is 1. The van der Waals surface area contributed by atoms with E-state index in [1.807, 2.05) is 72.8 Å². The number of benzene rings is 4. The normalized spacial score (nSPS) is 18.7. The van der Waals surface area contributed by atoms with Gasteiger partial charge in [0, 0.05) is 15.1 Å². The second kappa shape index (κ2) is 10.9. The Labute approximate surface area is 232 Å². The number of ether oxygens (including phenoxy) is 1. The number of ketones is 1. The van der Waals surface area contributed by atoms with Gasteiger partial charge in [-0.25, -0.2) is 9.86 Å². The molecule has 0 spiro atoms. The lowest BCUT2D eigenvalue weighted by Gasteiger charge is -2.27. The fraction of sp³-hybridized carbons (Fsp3) is 0.138. The van der Waals surface area contributed by atoms with Crippen LogP contribution < -0.4 is 5.06 Å². The van der Waals surface area contributed by atoms with Gasteiger partial charge in [0.05, 0.1) is 24.8 Å². The van der Waals surface area contributed by atoms with Crippen molar-refractivity contribution in [2.45, 2.75) is 12.1 Å². The third kappa shape index (κ3) is 4.64. The third-order valence-electron chi connectivity index (χ3n) is 6.58. The molecule has 3 atom stereocenters. The Balaban J connectivity index is 1.79. The van der Waals surface area contributed by atoms with Crippen LogP contribution in [0.1, 0.15) is 23.3 Å². The van der Waals surface area contributed by atoms with Crippen LogP contribution in [0.5, 0.6) is 0 Å². The van der Waals surface area contributed by atoms with Crippen molar-refractivity contribution >= 4 is 61.5 Å². The standard InChI is InChI=1S/C29H21BrClN3O4/c1-37-29(36)25(33-32)27(35)24-26(21-13-7-9-17-8-5-6-12-20(17)21)34(19-10-3-2-4-11-19)38-28(24)22-16-18(30)14-15-23(22)31/h2-16,24,26,28H,1H3/t24-,26+,28-/m1/s1. The summed E-state index contributed by atoms with van der Waals surface area (Å²) in [5.41, 5.74) is 11.0. The van der Waals surface area contributed by atoms with Crippen LogP contribution in [0.4, 0.5) is 5.69 Å². The molecule has 1 aliphatic heterocycles. The monoisotopic (exact) mass is 589 g/mol. The van der Waals surface area contributed by atoms with Crippen molar-refractivity contribution in [3.63, 3.8) is 0 Å². The highest BCUT2D eigenvalue weighted by molar-refractivity contribution is 9.10. The molecule has 0 aromatic heterocycles. The summed E-state index contributed by atoms with van der Waals surface area (Å²) in [7, 11) is 1.12. The van der Waals surface area contributed by atoms with Crippen molar-refractivity contribution in [3.8, 4) is 0 Å². The molecule has 0 N–H and O–H groups in total. The van der Waals surface area contributed by atoms with Gasteiger partial charge in [-0.1, -0.05) is 88.2 Å². The average Bonchev–Trinajstić information content (AvgIpc) is 3.35. The summed E-state index contributed by atoms with van der Waals surface area (Å²) in [4.78, 5) is 36.2. The lowest BCUT2D eigenvalue weighted by molar-refractivity contribution is -0.140. The number of carbonyl (C=O) groups excluding carboxylic acids is 2. The summed E-state index contributed by atoms with van der Waals surface area (Å²) in [6.45, 7) is 0. The van der Waals surface area contributed by atoms with E-state index in [4.69, 9.17) is 21.2 Å². The van der Waals surface area contributed by atoms with E-state index in [0.717, 1.165) is 27.9 Å². The van der Waals surface area contributed by atoms with Crippen LogP contribution in [0, 0.1) is 5.92 Å². The molecule has 9 heteroatoms. The molecule has 0 bridgehead atoms. The number of rotatable bonds is 6. The Bertz CT molecular complexity index is 1580. The number of halogens is 2. The number of esters is 1. The van der Waals surface area contributed by atoms with Gasteiger partial charge in [-0.2, -0.15) is 4.79 Å². The second-order valence-electron chi connectivity index (χ2n) is 8.70. The summed E-state index contributed by atoms with van der Waals surface area (Å²) in [6.07, 6.45) is -0.932. The molecule has 7 nitrogen and oxygen atoms in total. The van der Waals surface area contributed by atoms with Crippen LogP contribution in [-0.4, -0.2) is 29.4 Å². The highest BCUT2D eigenvalue weighted by Crippen LogP contribution is 2.52. The first-order chi connectivity index (χ1) is 18.4. The minimum Gasteiger partial charge on any atom is -0.460 e. The maximum Gasteiger partial charge on any atom is 0.441 e. The molecule has 0 radical (unpaired) electrons. The quantitative estimate of drug-likeness (QED) is 0.0838.